The Hall–Kier alpha value is -0.740. The second-order valence-electron chi connectivity index (χ2n) is 1.71. The zero-order chi connectivity index (χ0) is 8.95. The van der Waals surface area contributed by atoms with E-state index in [4.69, 9.17) is 10.2 Å². The highest BCUT2D eigenvalue weighted by Crippen LogP contribution is 1.85. The van der Waals surface area contributed by atoms with Crippen molar-refractivity contribution in [3.05, 3.63) is 0 Å². The van der Waals surface area contributed by atoms with Crippen LogP contribution in [0.2, 0.25) is 0 Å². The topological polar surface area (TPSA) is 74.6 Å². The summed E-state index contributed by atoms with van der Waals surface area (Å²) in [5.74, 6) is 0. The van der Waals surface area contributed by atoms with E-state index in [2.05, 4.69) is 0 Å². The first-order valence-corrected chi connectivity index (χ1v) is 3.42. The van der Waals surface area contributed by atoms with Gasteiger partial charge in [0.1, 0.15) is 12.6 Å². The van der Waals surface area contributed by atoms with Crippen LogP contribution in [0.15, 0.2) is 0 Å². The molecule has 0 aliphatic carbocycles. The summed E-state index contributed by atoms with van der Waals surface area (Å²) >= 11 is 0. The van der Waals surface area contributed by atoms with Crippen LogP contribution in [0.1, 0.15) is 19.3 Å². The monoisotopic (exact) mass is 162 g/mol. The Kier molecular flexibility index (Phi) is 18.9. The van der Waals surface area contributed by atoms with E-state index >= 15 is 0 Å². The standard InChI is InChI=1S/C5H8O2.C2H6O2/c6-4-2-1-3-5-7;3-1-2-4/h4-5H,1-3H2;3-4H,1-2H2. The zero-order valence-corrected chi connectivity index (χ0v) is 6.40. The Morgan fingerprint density at radius 1 is 0.909 bits per heavy atom. The molecule has 0 aliphatic heterocycles. The summed E-state index contributed by atoms with van der Waals surface area (Å²) in [6, 6.07) is 0. The molecule has 0 spiro atoms. The van der Waals surface area contributed by atoms with Crippen LogP contribution in [0.5, 0.6) is 0 Å². The molecule has 0 saturated heterocycles. The van der Waals surface area contributed by atoms with Crippen LogP contribution in [0.3, 0.4) is 0 Å². The number of rotatable bonds is 5. The summed E-state index contributed by atoms with van der Waals surface area (Å²) in [5.41, 5.74) is 0. The Morgan fingerprint density at radius 2 is 1.27 bits per heavy atom. The fraction of sp³-hybridized carbons (Fsp3) is 0.714. The minimum Gasteiger partial charge on any atom is -0.394 e. The molecule has 66 valence electrons. The molecule has 11 heavy (non-hydrogen) atoms. The van der Waals surface area contributed by atoms with Gasteiger partial charge in [-0.05, 0) is 6.42 Å². The van der Waals surface area contributed by atoms with Crippen molar-refractivity contribution in [2.75, 3.05) is 13.2 Å². The van der Waals surface area contributed by atoms with Gasteiger partial charge in [0, 0.05) is 12.8 Å². The fourth-order valence-corrected chi connectivity index (χ4v) is 0.285. The lowest BCUT2D eigenvalue weighted by Crippen LogP contribution is -1.85. The largest absolute Gasteiger partial charge is 0.394 e. The molecule has 0 unspecified atom stereocenters. The normalized spacial score (nSPS) is 7.82. The van der Waals surface area contributed by atoms with Gasteiger partial charge in [0.15, 0.2) is 0 Å². The molecular weight excluding hydrogens is 148 g/mol. The van der Waals surface area contributed by atoms with E-state index in [1.165, 1.54) is 0 Å². The zero-order valence-electron chi connectivity index (χ0n) is 6.40. The maximum atomic E-state index is 9.56. The van der Waals surface area contributed by atoms with Crippen molar-refractivity contribution < 1.29 is 19.8 Å². The Labute approximate surface area is 65.8 Å². The molecule has 0 fully saturated rings. The van der Waals surface area contributed by atoms with E-state index in [1.807, 2.05) is 0 Å². The van der Waals surface area contributed by atoms with Crippen LogP contribution in [-0.4, -0.2) is 36.0 Å². The highest BCUT2D eigenvalue weighted by molar-refractivity contribution is 5.52. The molecule has 4 heteroatoms. The lowest BCUT2D eigenvalue weighted by molar-refractivity contribution is -0.108. The van der Waals surface area contributed by atoms with Gasteiger partial charge in [0.05, 0.1) is 13.2 Å². The number of carbonyl (C=O) groups excluding carboxylic acids is 2. The van der Waals surface area contributed by atoms with Crippen molar-refractivity contribution in [1.29, 1.82) is 0 Å². The Balaban J connectivity index is 0. The molecule has 0 heterocycles. The summed E-state index contributed by atoms with van der Waals surface area (Å²) in [4.78, 5) is 19.1. The van der Waals surface area contributed by atoms with E-state index in [-0.39, 0.29) is 13.2 Å². The highest BCUT2D eigenvalue weighted by atomic mass is 16.3. The molecule has 0 saturated carbocycles. The van der Waals surface area contributed by atoms with Gasteiger partial charge in [-0.15, -0.1) is 0 Å². The van der Waals surface area contributed by atoms with Crippen molar-refractivity contribution in [2.45, 2.75) is 19.3 Å². The van der Waals surface area contributed by atoms with Crippen LogP contribution in [0, 0.1) is 0 Å². The third-order valence-corrected chi connectivity index (χ3v) is 0.744. The average molecular weight is 162 g/mol. The number of hydrogen-bond acceptors (Lipinski definition) is 4. The number of aliphatic hydroxyl groups is 2. The third-order valence-electron chi connectivity index (χ3n) is 0.744. The lowest BCUT2D eigenvalue weighted by atomic mass is 10.3. The fourth-order valence-electron chi connectivity index (χ4n) is 0.285. The van der Waals surface area contributed by atoms with E-state index in [9.17, 15) is 9.59 Å². The minimum absolute atomic E-state index is 0.125. The summed E-state index contributed by atoms with van der Waals surface area (Å²) < 4.78 is 0. The van der Waals surface area contributed by atoms with E-state index in [0.29, 0.717) is 19.3 Å². The average Bonchev–Trinajstić information content (AvgIpc) is 2.06. The summed E-state index contributed by atoms with van der Waals surface area (Å²) in [7, 11) is 0. The summed E-state index contributed by atoms with van der Waals surface area (Å²) in [5, 5.41) is 15.2. The molecule has 0 aromatic heterocycles. The summed E-state index contributed by atoms with van der Waals surface area (Å²) in [6.07, 6.45) is 3.37. The van der Waals surface area contributed by atoms with Crippen molar-refractivity contribution in [3.63, 3.8) is 0 Å². The van der Waals surface area contributed by atoms with Gasteiger partial charge in [0.25, 0.3) is 0 Å². The first kappa shape index (κ1) is 12.9. The van der Waals surface area contributed by atoms with Crippen molar-refractivity contribution in [3.8, 4) is 0 Å². The molecular formula is C7H14O4. The second kappa shape index (κ2) is 16.1. The molecule has 2 N–H and O–H groups in total. The Morgan fingerprint density at radius 3 is 1.45 bits per heavy atom. The van der Waals surface area contributed by atoms with Crippen LogP contribution >= 0.6 is 0 Å². The Bertz CT molecular complexity index is 72.5. The molecule has 0 aliphatic rings. The number of carbonyl (C=O) groups is 2. The van der Waals surface area contributed by atoms with Crippen LogP contribution < -0.4 is 0 Å². The van der Waals surface area contributed by atoms with E-state index in [0.717, 1.165) is 12.6 Å². The van der Waals surface area contributed by atoms with Gasteiger partial charge in [-0.25, -0.2) is 0 Å². The molecule has 0 aromatic rings. The molecule has 4 nitrogen and oxygen atoms in total. The molecule has 0 aromatic carbocycles. The van der Waals surface area contributed by atoms with Crippen molar-refractivity contribution in [1.82, 2.24) is 0 Å². The maximum Gasteiger partial charge on any atom is 0.120 e. The van der Waals surface area contributed by atoms with Gasteiger partial charge in [-0.1, -0.05) is 0 Å². The van der Waals surface area contributed by atoms with E-state index in [1.54, 1.807) is 0 Å². The van der Waals surface area contributed by atoms with Crippen LogP contribution in [0.25, 0.3) is 0 Å². The smallest absolute Gasteiger partial charge is 0.120 e. The molecule has 0 bridgehead atoms. The van der Waals surface area contributed by atoms with Crippen LogP contribution in [0.4, 0.5) is 0 Å². The minimum atomic E-state index is -0.125. The number of unbranched alkanes of at least 4 members (excludes halogenated alkanes) is 2. The van der Waals surface area contributed by atoms with Gasteiger partial charge in [-0.3, -0.25) is 0 Å². The molecule has 0 rings (SSSR count). The molecule has 0 radical (unpaired) electrons. The SMILES string of the molecule is O=CCCCC=O.OCCO. The predicted octanol–water partition coefficient (Wildman–Crippen LogP) is -0.474. The highest BCUT2D eigenvalue weighted by Gasteiger charge is 1.80. The second-order valence-corrected chi connectivity index (χ2v) is 1.71. The lowest BCUT2D eigenvalue weighted by Gasteiger charge is -1.78. The predicted molar refractivity (Wildman–Crippen MR) is 40.2 cm³/mol. The maximum absolute atomic E-state index is 9.56. The quantitative estimate of drug-likeness (QED) is 0.423. The third kappa shape index (κ3) is 26.9. The van der Waals surface area contributed by atoms with Crippen molar-refractivity contribution >= 4 is 12.6 Å². The van der Waals surface area contributed by atoms with Gasteiger partial charge < -0.3 is 19.8 Å². The van der Waals surface area contributed by atoms with Crippen molar-refractivity contribution in [2.24, 2.45) is 0 Å². The number of aliphatic hydroxyl groups excluding tert-OH is 2. The van der Waals surface area contributed by atoms with Gasteiger partial charge in [-0.2, -0.15) is 0 Å². The number of aldehydes is 2. The van der Waals surface area contributed by atoms with Gasteiger partial charge in [0.2, 0.25) is 0 Å². The van der Waals surface area contributed by atoms with Crippen LogP contribution in [-0.2, 0) is 9.59 Å². The molecule has 0 amide bonds. The van der Waals surface area contributed by atoms with Gasteiger partial charge >= 0.3 is 0 Å². The first-order chi connectivity index (χ1) is 5.33. The first-order valence-electron chi connectivity index (χ1n) is 3.42. The van der Waals surface area contributed by atoms with E-state index < -0.39 is 0 Å². The molecule has 0 atom stereocenters. The number of hydrogen-bond donors (Lipinski definition) is 2. The summed E-state index contributed by atoms with van der Waals surface area (Å²) in [6.45, 7) is -0.250.